The van der Waals surface area contributed by atoms with Gasteiger partial charge in [-0.25, -0.2) is 0 Å². The summed E-state index contributed by atoms with van der Waals surface area (Å²) in [5, 5.41) is 0. The van der Waals surface area contributed by atoms with Crippen LogP contribution in [0.2, 0.25) is 0 Å². The predicted molar refractivity (Wildman–Crippen MR) is 49.6 cm³/mol. The highest BCUT2D eigenvalue weighted by Crippen LogP contribution is 2.09. The number of hydrogen-bond donors (Lipinski definition) is 0. The standard InChI is InChI=1S/C10H16NO/c1-4-5-6-11-7-9(2)12-10(3)8-11/h9-10H,1,6-8H2,2-3H3. The maximum Gasteiger partial charge on any atom is 0.0678 e. The number of rotatable bonds is 1. The molecule has 0 aromatic carbocycles. The molecule has 0 bridgehead atoms. The topological polar surface area (TPSA) is 12.5 Å². The van der Waals surface area contributed by atoms with Crippen molar-refractivity contribution in [2.75, 3.05) is 19.6 Å². The zero-order valence-corrected chi connectivity index (χ0v) is 7.84. The van der Waals surface area contributed by atoms with Gasteiger partial charge in [-0.2, -0.15) is 0 Å². The first-order chi connectivity index (χ1) is 5.72. The van der Waals surface area contributed by atoms with Crippen LogP contribution in [0.1, 0.15) is 13.8 Å². The maximum atomic E-state index is 5.59. The van der Waals surface area contributed by atoms with Crippen molar-refractivity contribution in [3.63, 3.8) is 0 Å². The molecule has 2 unspecified atom stereocenters. The monoisotopic (exact) mass is 166 g/mol. The number of hydrogen-bond acceptors (Lipinski definition) is 2. The van der Waals surface area contributed by atoms with Gasteiger partial charge >= 0.3 is 0 Å². The molecule has 0 aromatic heterocycles. The summed E-state index contributed by atoms with van der Waals surface area (Å²) in [5.41, 5.74) is 0. The molecule has 1 fully saturated rings. The predicted octanol–water partition coefficient (Wildman–Crippen LogP) is 0.933. The summed E-state index contributed by atoms with van der Waals surface area (Å²) in [4.78, 5) is 2.30. The molecule has 1 saturated heterocycles. The molecule has 0 spiro atoms. The van der Waals surface area contributed by atoms with Gasteiger partial charge in [0.25, 0.3) is 0 Å². The average molecular weight is 166 g/mol. The zero-order chi connectivity index (χ0) is 8.97. The van der Waals surface area contributed by atoms with Gasteiger partial charge in [0, 0.05) is 20.0 Å². The third-order valence-corrected chi connectivity index (χ3v) is 1.92. The van der Waals surface area contributed by atoms with Crippen molar-refractivity contribution in [1.82, 2.24) is 4.90 Å². The number of morpholine rings is 1. The Bertz CT molecular complexity index is 182. The van der Waals surface area contributed by atoms with Crippen molar-refractivity contribution >= 4 is 0 Å². The third-order valence-electron chi connectivity index (χ3n) is 1.92. The van der Waals surface area contributed by atoms with Crippen LogP contribution in [0, 0.1) is 18.8 Å². The molecule has 1 aliphatic rings. The van der Waals surface area contributed by atoms with E-state index in [1.165, 1.54) is 0 Å². The Morgan fingerprint density at radius 2 is 2.00 bits per heavy atom. The minimum atomic E-state index is 0.334. The summed E-state index contributed by atoms with van der Waals surface area (Å²) in [6, 6.07) is 0. The van der Waals surface area contributed by atoms with Gasteiger partial charge in [0.2, 0.25) is 0 Å². The summed E-state index contributed by atoms with van der Waals surface area (Å²) >= 11 is 0. The second-order valence-corrected chi connectivity index (χ2v) is 3.30. The van der Waals surface area contributed by atoms with E-state index in [1.54, 1.807) is 0 Å². The molecular weight excluding hydrogens is 150 g/mol. The Kier molecular flexibility index (Phi) is 3.58. The van der Waals surface area contributed by atoms with Crippen LogP contribution in [0.25, 0.3) is 0 Å². The Morgan fingerprint density at radius 1 is 1.42 bits per heavy atom. The van der Waals surface area contributed by atoms with Crippen molar-refractivity contribution in [2.45, 2.75) is 26.1 Å². The molecule has 0 aromatic rings. The first kappa shape index (κ1) is 9.57. The van der Waals surface area contributed by atoms with E-state index in [-0.39, 0.29) is 0 Å². The lowest BCUT2D eigenvalue weighted by Crippen LogP contribution is -2.45. The van der Waals surface area contributed by atoms with Crippen molar-refractivity contribution in [3.8, 4) is 11.8 Å². The van der Waals surface area contributed by atoms with E-state index in [0.717, 1.165) is 19.6 Å². The van der Waals surface area contributed by atoms with Crippen LogP contribution in [0.5, 0.6) is 0 Å². The fourth-order valence-corrected chi connectivity index (χ4v) is 1.58. The van der Waals surface area contributed by atoms with Crippen LogP contribution >= 0.6 is 0 Å². The fraction of sp³-hybridized carbons (Fsp3) is 0.700. The van der Waals surface area contributed by atoms with Crippen molar-refractivity contribution in [2.24, 2.45) is 0 Å². The fourth-order valence-electron chi connectivity index (χ4n) is 1.58. The van der Waals surface area contributed by atoms with E-state index < -0.39 is 0 Å². The van der Waals surface area contributed by atoms with Crippen molar-refractivity contribution in [3.05, 3.63) is 6.92 Å². The smallest absolute Gasteiger partial charge is 0.0678 e. The Morgan fingerprint density at radius 3 is 2.50 bits per heavy atom. The van der Waals surface area contributed by atoms with Crippen LogP contribution < -0.4 is 0 Å². The SMILES string of the molecule is [CH2]C#CCN1CC(C)OC(C)C1. The molecule has 2 nitrogen and oxygen atoms in total. The highest BCUT2D eigenvalue weighted by Gasteiger charge is 2.20. The molecule has 1 heterocycles. The van der Waals surface area contributed by atoms with Crippen LogP contribution in [0.15, 0.2) is 0 Å². The summed E-state index contributed by atoms with van der Waals surface area (Å²) < 4.78 is 5.59. The average Bonchev–Trinajstić information content (AvgIpc) is 1.99. The van der Waals surface area contributed by atoms with Crippen LogP contribution in [-0.2, 0) is 4.74 Å². The van der Waals surface area contributed by atoms with Gasteiger partial charge in [0.1, 0.15) is 0 Å². The summed E-state index contributed by atoms with van der Waals surface area (Å²) in [7, 11) is 0. The molecule has 1 rings (SSSR count). The normalized spacial score (nSPS) is 30.9. The van der Waals surface area contributed by atoms with Crippen LogP contribution in [0.3, 0.4) is 0 Å². The van der Waals surface area contributed by atoms with E-state index in [0.29, 0.717) is 12.2 Å². The Balaban J connectivity index is 2.37. The summed E-state index contributed by atoms with van der Waals surface area (Å²) in [6.45, 7) is 10.5. The zero-order valence-electron chi connectivity index (χ0n) is 7.84. The quantitative estimate of drug-likeness (QED) is 0.537. The van der Waals surface area contributed by atoms with Crippen LogP contribution in [0.4, 0.5) is 0 Å². The highest BCUT2D eigenvalue weighted by molar-refractivity contribution is 5.03. The summed E-state index contributed by atoms with van der Waals surface area (Å²) in [5.74, 6) is 5.63. The minimum Gasteiger partial charge on any atom is -0.373 e. The second kappa shape index (κ2) is 4.49. The van der Waals surface area contributed by atoms with Crippen molar-refractivity contribution in [1.29, 1.82) is 0 Å². The molecule has 1 radical (unpaired) electrons. The largest absolute Gasteiger partial charge is 0.373 e. The van der Waals surface area contributed by atoms with E-state index in [9.17, 15) is 0 Å². The van der Waals surface area contributed by atoms with E-state index in [2.05, 4.69) is 37.5 Å². The molecule has 12 heavy (non-hydrogen) atoms. The number of nitrogens with zero attached hydrogens (tertiary/aromatic N) is 1. The molecule has 0 aliphatic carbocycles. The molecule has 2 atom stereocenters. The van der Waals surface area contributed by atoms with Gasteiger partial charge in [0.15, 0.2) is 0 Å². The van der Waals surface area contributed by atoms with Crippen LogP contribution in [-0.4, -0.2) is 36.7 Å². The lowest BCUT2D eigenvalue weighted by Gasteiger charge is -2.34. The van der Waals surface area contributed by atoms with Gasteiger partial charge in [-0.3, -0.25) is 4.90 Å². The Hall–Kier alpha value is -0.520. The molecule has 67 valence electrons. The molecule has 0 N–H and O–H groups in total. The van der Waals surface area contributed by atoms with Gasteiger partial charge < -0.3 is 4.74 Å². The molecule has 0 amide bonds. The molecule has 2 heteroatoms. The summed E-state index contributed by atoms with van der Waals surface area (Å²) in [6.07, 6.45) is 0.667. The lowest BCUT2D eigenvalue weighted by atomic mass is 10.2. The number of ether oxygens (including phenoxy) is 1. The van der Waals surface area contributed by atoms with E-state index in [4.69, 9.17) is 4.74 Å². The highest BCUT2D eigenvalue weighted by atomic mass is 16.5. The molecule has 0 saturated carbocycles. The van der Waals surface area contributed by atoms with Gasteiger partial charge in [-0.15, -0.1) is 5.92 Å². The van der Waals surface area contributed by atoms with Crippen molar-refractivity contribution < 1.29 is 4.74 Å². The van der Waals surface area contributed by atoms with E-state index in [1.807, 2.05) is 0 Å². The van der Waals surface area contributed by atoms with Gasteiger partial charge in [-0.1, -0.05) is 5.92 Å². The minimum absolute atomic E-state index is 0.334. The van der Waals surface area contributed by atoms with E-state index >= 15 is 0 Å². The molecule has 1 aliphatic heterocycles. The third kappa shape index (κ3) is 2.84. The first-order valence-corrected chi connectivity index (χ1v) is 4.35. The van der Waals surface area contributed by atoms with Gasteiger partial charge in [-0.05, 0) is 13.8 Å². The lowest BCUT2D eigenvalue weighted by molar-refractivity contribution is -0.0640. The molecular formula is C10H16NO. The second-order valence-electron chi connectivity index (χ2n) is 3.30. The first-order valence-electron chi connectivity index (χ1n) is 4.35. The maximum absolute atomic E-state index is 5.59. The van der Waals surface area contributed by atoms with Gasteiger partial charge in [0.05, 0.1) is 18.8 Å². The Labute approximate surface area is 74.9 Å².